The Morgan fingerprint density at radius 2 is 2.41 bits per heavy atom. The lowest BCUT2D eigenvalue weighted by Crippen LogP contribution is -2.32. The number of nitrogens with zero attached hydrogens (tertiary/aromatic N) is 2. The molecule has 0 amide bonds. The highest BCUT2D eigenvalue weighted by molar-refractivity contribution is 7.89. The van der Waals surface area contributed by atoms with Gasteiger partial charge in [-0.15, -0.1) is 0 Å². The lowest BCUT2D eigenvalue weighted by molar-refractivity contribution is 0.114. The van der Waals surface area contributed by atoms with Crippen molar-refractivity contribution >= 4 is 10.0 Å². The van der Waals surface area contributed by atoms with Crippen LogP contribution in [0.1, 0.15) is 18.5 Å². The molecule has 17 heavy (non-hydrogen) atoms. The molecule has 1 fully saturated rings. The van der Waals surface area contributed by atoms with E-state index in [1.54, 1.807) is 18.7 Å². The zero-order chi connectivity index (χ0) is 12.5. The molecule has 2 heterocycles. The van der Waals surface area contributed by atoms with E-state index in [9.17, 15) is 8.42 Å². The van der Waals surface area contributed by atoms with E-state index in [1.807, 2.05) is 0 Å². The predicted octanol–water partition coefficient (Wildman–Crippen LogP) is 0.186. The second-order valence-electron chi connectivity index (χ2n) is 4.20. The van der Waals surface area contributed by atoms with Crippen molar-refractivity contribution in [2.45, 2.75) is 30.8 Å². The van der Waals surface area contributed by atoms with E-state index >= 15 is 0 Å². The smallest absolute Gasteiger partial charge is 0.244 e. The van der Waals surface area contributed by atoms with E-state index in [0.29, 0.717) is 12.2 Å². The molecule has 1 aliphatic rings. The van der Waals surface area contributed by atoms with Crippen LogP contribution in [0.2, 0.25) is 0 Å². The van der Waals surface area contributed by atoms with Crippen LogP contribution in [0.15, 0.2) is 11.1 Å². The number of nitrogens with one attached hydrogen (secondary N) is 1. The van der Waals surface area contributed by atoms with Gasteiger partial charge in [-0.25, -0.2) is 13.1 Å². The summed E-state index contributed by atoms with van der Waals surface area (Å²) in [6.07, 6.45) is 3.28. The summed E-state index contributed by atoms with van der Waals surface area (Å²) in [7, 11) is -1.75. The Hall–Kier alpha value is -0.920. The van der Waals surface area contributed by atoms with Gasteiger partial charge < -0.3 is 4.74 Å². The molecule has 0 aromatic carbocycles. The Bertz CT molecular complexity index is 489. The fraction of sp³-hybridized carbons (Fsp3) is 0.700. The summed E-state index contributed by atoms with van der Waals surface area (Å²) in [6, 6.07) is 0. The van der Waals surface area contributed by atoms with Gasteiger partial charge in [0.1, 0.15) is 4.90 Å². The molecule has 96 valence electrons. The van der Waals surface area contributed by atoms with Crippen LogP contribution in [0.4, 0.5) is 0 Å². The van der Waals surface area contributed by atoms with Crippen LogP contribution < -0.4 is 4.72 Å². The maximum absolute atomic E-state index is 12.0. The first-order valence-corrected chi connectivity index (χ1v) is 7.09. The van der Waals surface area contributed by atoms with Gasteiger partial charge in [-0.2, -0.15) is 5.10 Å². The third-order valence-corrected chi connectivity index (χ3v) is 4.53. The topological polar surface area (TPSA) is 73.2 Å². The van der Waals surface area contributed by atoms with Gasteiger partial charge >= 0.3 is 0 Å². The minimum Gasteiger partial charge on any atom is -0.377 e. The first kappa shape index (κ1) is 12.5. The molecule has 1 aromatic heterocycles. The van der Waals surface area contributed by atoms with Crippen LogP contribution in [0.5, 0.6) is 0 Å². The van der Waals surface area contributed by atoms with Crippen LogP contribution in [-0.4, -0.2) is 37.5 Å². The van der Waals surface area contributed by atoms with Crippen LogP contribution in [0.25, 0.3) is 0 Å². The highest BCUT2D eigenvalue weighted by Gasteiger charge is 2.23. The van der Waals surface area contributed by atoms with Crippen molar-refractivity contribution in [2.24, 2.45) is 7.05 Å². The average molecular weight is 259 g/mol. The van der Waals surface area contributed by atoms with Crippen molar-refractivity contribution in [3.63, 3.8) is 0 Å². The molecule has 6 nitrogen and oxygen atoms in total. The number of ether oxygens (including phenoxy) is 1. The number of sulfonamides is 1. The normalized spacial score (nSPS) is 20.9. The maximum atomic E-state index is 12.0. The largest absolute Gasteiger partial charge is 0.377 e. The standard InChI is InChI=1S/C10H17N3O3S/c1-8-10(7-11-13(8)2)17(14,15)12-6-9-4-3-5-16-9/h7,9,12H,3-6H2,1-2H3. The van der Waals surface area contributed by atoms with Crippen LogP contribution in [0, 0.1) is 6.92 Å². The Labute approximate surface area is 101 Å². The zero-order valence-corrected chi connectivity index (χ0v) is 10.8. The summed E-state index contributed by atoms with van der Waals surface area (Å²) in [5.41, 5.74) is 0.629. The fourth-order valence-electron chi connectivity index (χ4n) is 1.83. The van der Waals surface area contributed by atoms with E-state index in [0.717, 1.165) is 19.4 Å². The van der Waals surface area contributed by atoms with Gasteiger partial charge in [0, 0.05) is 20.2 Å². The number of rotatable bonds is 4. The zero-order valence-electron chi connectivity index (χ0n) is 10.0. The van der Waals surface area contributed by atoms with Gasteiger partial charge in [-0.1, -0.05) is 0 Å². The first-order chi connectivity index (χ1) is 8.00. The summed E-state index contributed by atoms with van der Waals surface area (Å²) in [5.74, 6) is 0. The molecule has 0 spiro atoms. The molecule has 0 saturated carbocycles. The number of aryl methyl sites for hydroxylation is 1. The number of aromatic nitrogens is 2. The van der Waals surface area contributed by atoms with E-state index in [1.165, 1.54) is 6.20 Å². The molecule has 7 heteroatoms. The summed E-state index contributed by atoms with van der Waals surface area (Å²) in [5, 5.41) is 3.93. The minimum atomic E-state index is -3.47. The molecule has 1 atom stereocenters. The molecule has 0 radical (unpaired) electrons. The number of hydrogen-bond acceptors (Lipinski definition) is 4. The molecule has 1 aromatic rings. The van der Waals surface area contributed by atoms with Crippen LogP contribution >= 0.6 is 0 Å². The Morgan fingerprint density at radius 1 is 1.65 bits per heavy atom. The molecule has 2 rings (SSSR count). The molecule has 1 unspecified atom stereocenters. The van der Waals surface area contributed by atoms with Gasteiger partial charge in [0.05, 0.1) is 18.0 Å². The summed E-state index contributed by atoms with van der Waals surface area (Å²) in [4.78, 5) is 0.234. The highest BCUT2D eigenvalue weighted by atomic mass is 32.2. The SMILES string of the molecule is Cc1c(S(=O)(=O)NCC2CCCO2)cnn1C. The highest BCUT2D eigenvalue weighted by Crippen LogP contribution is 2.15. The average Bonchev–Trinajstić information content (AvgIpc) is 2.88. The second-order valence-corrected chi connectivity index (χ2v) is 5.94. The van der Waals surface area contributed by atoms with Gasteiger partial charge in [-0.05, 0) is 19.8 Å². The molecule has 1 saturated heterocycles. The molecular formula is C10H17N3O3S. The Morgan fingerprint density at radius 3 is 2.94 bits per heavy atom. The lowest BCUT2D eigenvalue weighted by atomic mass is 10.2. The quantitative estimate of drug-likeness (QED) is 0.837. The van der Waals surface area contributed by atoms with Crippen molar-refractivity contribution in [1.82, 2.24) is 14.5 Å². The Kier molecular flexibility index (Phi) is 3.50. The molecule has 0 aliphatic carbocycles. The fourth-order valence-corrected chi connectivity index (χ4v) is 3.10. The van der Waals surface area contributed by atoms with Crippen molar-refractivity contribution in [2.75, 3.05) is 13.2 Å². The van der Waals surface area contributed by atoms with E-state index in [2.05, 4.69) is 9.82 Å². The van der Waals surface area contributed by atoms with E-state index in [4.69, 9.17) is 4.74 Å². The molecule has 0 bridgehead atoms. The minimum absolute atomic E-state index is 0.00162. The van der Waals surface area contributed by atoms with Gasteiger partial charge in [0.15, 0.2) is 0 Å². The van der Waals surface area contributed by atoms with Crippen LogP contribution in [-0.2, 0) is 21.8 Å². The van der Waals surface area contributed by atoms with Crippen molar-refractivity contribution in [3.8, 4) is 0 Å². The maximum Gasteiger partial charge on any atom is 0.244 e. The van der Waals surface area contributed by atoms with E-state index in [-0.39, 0.29) is 11.0 Å². The monoisotopic (exact) mass is 259 g/mol. The Balaban J connectivity index is 2.05. The third-order valence-electron chi connectivity index (χ3n) is 3.00. The summed E-state index contributed by atoms with van der Waals surface area (Å²) in [6.45, 7) is 2.78. The van der Waals surface area contributed by atoms with Gasteiger partial charge in [0.2, 0.25) is 10.0 Å². The second kappa shape index (κ2) is 4.75. The van der Waals surface area contributed by atoms with Crippen molar-refractivity contribution < 1.29 is 13.2 Å². The van der Waals surface area contributed by atoms with Crippen molar-refractivity contribution in [3.05, 3.63) is 11.9 Å². The van der Waals surface area contributed by atoms with E-state index < -0.39 is 10.0 Å². The molecule has 1 aliphatic heterocycles. The lowest BCUT2D eigenvalue weighted by Gasteiger charge is -2.10. The predicted molar refractivity (Wildman–Crippen MR) is 62.1 cm³/mol. The van der Waals surface area contributed by atoms with Crippen LogP contribution in [0.3, 0.4) is 0 Å². The summed E-state index contributed by atoms with van der Waals surface area (Å²) >= 11 is 0. The number of hydrogen-bond donors (Lipinski definition) is 1. The van der Waals surface area contributed by atoms with Gasteiger partial charge in [-0.3, -0.25) is 4.68 Å². The molecular weight excluding hydrogens is 242 g/mol. The summed E-state index contributed by atoms with van der Waals surface area (Å²) < 4.78 is 33.5. The molecule has 1 N–H and O–H groups in total. The third kappa shape index (κ3) is 2.67. The van der Waals surface area contributed by atoms with Crippen molar-refractivity contribution in [1.29, 1.82) is 0 Å². The van der Waals surface area contributed by atoms with Gasteiger partial charge in [0.25, 0.3) is 0 Å². The first-order valence-electron chi connectivity index (χ1n) is 5.60.